The Hall–Kier alpha value is -0.860. The highest BCUT2D eigenvalue weighted by Crippen LogP contribution is 2.22. The predicted molar refractivity (Wildman–Crippen MR) is 75.5 cm³/mol. The zero-order chi connectivity index (χ0) is 16.2. The van der Waals surface area contributed by atoms with Gasteiger partial charge in [-0.05, 0) is 18.9 Å². The van der Waals surface area contributed by atoms with Gasteiger partial charge >= 0.3 is 6.18 Å². The molecular formula is C14H24F3N3O2. The number of carbonyl (C=O) groups excluding carboxylic acids is 1. The first-order chi connectivity index (χ1) is 10.4. The average Bonchev–Trinajstić information content (AvgIpc) is 2.93. The van der Waals surface area contributed by atoms with Crippen LogP contribution in [0, 0.1) is 5.92 Å². The van der Waals surface area contributed by atoms with Crippen molar-refractivity contribution in [1.82, 2.24) is 15.1 Å². The van der Waals surface area contributed by atoms with Crippen molar-refractivity contribution in [2.45, 2.75) is 25.6 Å². The smallest absolute Gasteiger partial charge is 0.378 e. The Kier molecular flexibility index (Phi) is 6.05. The molecule has 0 aromatic heterocycles. The second-order valence-electron chi connectivity index (χ2n) is 5.96. The number of likely N-dealkylation sites (tertiary alicyclic amines) is 1. The van der Waals surface area contributed by atoms with Gasteiger partial charge in [-0.1, -0.05) is 6.92 Å². The number of carbonyl (C=O) groups is 1. The molecule has 8 heteroatoms. The Balaban J connectivity index is 1.80. The molecule has 1 amide bonds. The molecule has 2 fully saturated rings. The second kappa shape index (κ2) is 7.61. The van der Waals surface area contributed by atoms with Crippen molar-refractivity contribution in [2.75, 3.05) is 52.5 Å². The first kappa shape index (κ1) is 17.5. The van der Waals surface area contributed by atoms with Crippen molar-refractivity contribution >= 4 is 5.91 Å². The standard InChI is InChI=1S/C14H24F3N3O2/c1-2-19(10-14(15,16)17)7-11-3-5-20(8-11)13(21)12-9-22-6-4-18-12/h11-12,18H,2-10H2,1H3. The van der Waals surface area contributed by atoms with E-state index in [9.17, 15) is 18.0 Å². The summed E-state index contributed by atoms with van der Waals surface area (Å²) < 4.78 is 42.7. The van der Waals surface area contributed by atoms with Gasteiger partial charge in [0.05, 0.1) is 19.8 Å². The minimum Gasteiger partial charge on any atom is -0.378 e. The molecule has 128 valence electrons. The van der Waals surface area contributed by atoms with Crippen molar-refractivity contribution in [1.29, 1.82) is 0 Å². The van der Waals surface area contributed by atoms with Gasteiger partial charge in [0.15, 0.2) is 0 Å². The summed E-state index contributed by atoms with van der Waals surface area (Å²) in [6.45, 7) is 4.37. The molecule has 0 radical (unpaired) electrons. The monoisotopic (exact) mass is 323 g/mol. The Morgan fingerprint density at radius 1 is 1.45 bits per heavy atom. The fraction of sp³-hybridized carbons (Fsp3) is 0.929. The van der Waals surface area contributed by atoms with Gasteiger partial charge in [-0.15, -0.1) is 0 Å². The average molecular weight is 323 g/mol. The van der Waals surface area contributed by atoms with Crippen molar-refractivity contribution < 1.29 is 22.7 Å². The summed E-state index contributed by atoms with van der Waals surface area (Å²) in [6.07, 6.45) is -3.42. The third-order valence-corrected chi connectivity index (χ3v) is 4.18. The van der Waals surface area contributed by atoms with Crippen LogP contribution >= 0.6 is 0 Å². The van der Waals surface area contributed by atoms with Crippen molar-refractivity contribution in [3.63, 3.8) is 0 Å². The first-order valence-corrected chi connectivity index (χ1v) is 7.78. The van der Waals surface area contributed by atoms with Gasteiger partial charge in [0, 0.05) is 26.2 Å². The third kappa shape index (κ3) is 5.10. The van der Waals surface area contributed by atoms with Crippen LogP contribution in [-0.4, -0.2) is 80.4 Å². The number of rotatable bonds is 5. The summed E-state index contributed by atoms with van der Waals surface area (Å²) in [7, 11) is 0. The van der Waals surface area contributed by atoms with E-state index in [0.717, 1.165) is 6.42 Å². The van der Waals surface area contributed by atoms with Gasteiger partial charge in [-0.25, -0.2) is 0 Å². The van der Waals surface area contributed by atoms with E-state index in [1.165, 1.54) is 4.90 Å². The molecule has 2 atom stereocenters. The maximum Gasteiger partial charge on any atom is 0.401 e. The van der Waals surface area contributed by atoms with E-state index < -0.39 is 12.7 Å². The molecule has 0 bridgehead atoms. The SMILES string of the molecule is CCN(CC1CCN(C(=O)C2COCCN2)C1)CC(F)(F)F. The van der Waals surface area contributed by atoms with Gasteiger partial charge in [0.1, 0.15) is 6.04 Å². The summed E-state index contributed by atoms with van der Waals surface area (Å²) in [5, 5.41) is 3.12. The lowest BCUT2D eigenvalue weighted by Crippen LogP contribution is -2.52. The van der Waals surface area contributed by atoms with Crippen LogP contribution in [-0.2, 0) is 9.53 Å². The van der Waals surface area contributed by atoms with Gasteiger partial charge in [-0.3, -0.25) is 9.69 Å². The van der Waals surface area contributed by atoms with Crippen LogP contribution in [0.5, 0.6) is 0 Å². The minimum absolute atomic E-state index is 0.000991. The molecule has 2 unspecified atom stereocenters. The first-order valence-electron chi connectivity index (χ1n) is 7.78. The number of hydrogen-bond donors (Lipinski definition) is 1. The Bertz CT molecular complexity index is 373. The van der Waals surface area contributed by atoms with Crippen molar-refractivity contribution in [2.24, 2.45) is 5.92 Å². The van der Waals surface area contributed by atoms with Gasteiger partial charge < -0.3 is 15.0 Å². The molecule has 2 aliphatic rings. The van der Waals surface area contributed by atoms with Crippen LogP contribution in [0.15, 0.2) is 0 Å². The van der Waals surface area contributed by atoms with Crippen molar-refractivity contribution in [3.05, 3.63) is 0 Å². The summed E-state index contributed by atoms with van der Waals surface area (Å²) in [5.74, 6) is 0.108. The van der Waals surface area contributed by atoms with E-state index in [1.807, 2.05) is 0 Å². The number of nitrogens with one attached hydrogen (secondary N) is 1. The minimum atomic E-state index is -4.17. The van der Waals surface area contributed by atoms with E-state index in [4.69, 9.17) is 4.74 Å². The molecule has 2 aliphatic heterocycles. The molecule has 0 saturated carbocycles. The largest absolute Gasteiger partial charge is 0.401 e. The molecule has 2 saturated heterocycles. The van der Waals surface area contributed by atoms with Crippen LogP contribution in [0.25, 0.3) is 0 Å². The summed E-state index contributed by atoms with van der Waals surface area (Å²) in [6, 6.07) is -0.315. The summed E-state index contributed by atoms with van der Waals surface area (Å²) in [4.78, 5) is 15.5. The molecule has 0 spiro atoms. The maximum absolute atomic E-state index is 12.5. The molecule has 0 aliphatic carbocycles. The maximum atomic E-state index is 12.5. The number of morpholine rings is 1. The quantitative estimate of drug-likeness (QED) is 0.809. The molecule has 1 N–H and O–H groups in total. The van der Waals surface area contributed by atoms with Gasteiger partial charge in [-0.2, -0.15) is 13.2 Å². The van der Waals surface area contributed by atoms with Crippen LogP contribution < -0.4 is 5.32 Å². The zero-order valence-corrected chi connectivity index (χ0v) is 12.9. The Labute approximate surface area is 128 Å². The van der Waals surface area contributed by atoms with Crippen molar-refractivity contribution in [3.8, 4) is 0 Å². The molecular weight excluding hydrogens is 299 g/mol. The normalized spacial score (nSPS) is 26.7. The number of amides is 1. The highest BCUT2D eigenvalue weighted by molar-refractivity contribution is 5.82. The number of ether oxygens (including phenoxy) is 1. The van der Waals surface area contributed by atoms with E-state index in [1.54, 1.807) is 11.8 Å². The molecule has 0 aromatic carbocycles. The van der Waals surface area contributed by atoms with Crippen LogP contribution in [0.2, 0.25) is 0 Å². The Morgan fingerprint density at radius 3 is 2.82 bits per heavy atom. The molecule has 2 rings (SSSR count). The third-order valence-electron chi connectivity index (χ3n) is 4.18. The van der Waals surface area contributed by atoms with Crippen LogP contribution in [0.4, 0.5) is 13.2 Å². The summed E-state index contributed by atoms with van der Waals surface area (Å²) >= 11 is 0. The van der Waals surface area contributed by atoms with E-state index in [-0.39, 0.29) is 17.9 Å². The number of nitrogens with zero attached hydrogens (tertiary/aromatic N) is 2. The summed E-state index contributed by atoms with van der Waals surface area (Å²) in [5.41, 5.74) is 0. The van der Waals surface area contributed by atoms with Gasteiger partial charge in [0.2, 0.25) is 5.91 Å². The topological polar surface area (TPSA) is 44.8 Å². The lowest BCUT2D eigenvalue weighted by Gasteiger charge is -2.28. The van der Waals surface area contributed by atoms with Crippen LogP contribution in [0.1, 0.15) is 13.3 Å². The highest BCUT2D eigenvalue weighted by atomic mass is 19.4. The van der Waals surface area contributed by atoms with E-state index in [0.29, 0.717) is 45.9 Å². The predicted octanol–water partition coefficient (Wildman–Crippen LogP) is 0.708. The number of alkyl halides is 3. The molecule has 0 aromatic rings. The molecule has 5 nitrogen and oxygen atoms in total. The molecule has 22 heavy (non-hydrogen) atoms. The molecule has 2 heterocycles. The van der Waals surface area contributed by atoms with E-state index in [2.05, 4.69) is 5.32 Å². The van der Waals surface area contributed by atoms with E-state index >= 15 is 0 Å². The lowest BCUT2D eigenvalue weighted by molar-refractivity contribution is -0.147. The fourth-order valence-corrected chi connectivity index (χ4v) is 3.05. The van der Waals surface area contributed by atoms with Gasteiger partial charge in [0.25, 0.3) is 0 Å². The highest BCUT2D eigenvalue weighted by Gasteiger charge is 2.35. The zero-order valence-electron chi connectivity index (χ0n) is 12.9. The number of halogens is 3. The second-order valence-corrected chi connectivity index (χ2v) is 5.96. The lowest BCUT2D eigenvalue weighted by atomic mass is 10.1. The van der Waals surface area contributed by atoms with Crippen LogP contribution in [0.3, 0.4) is 0 Å². The number of hydrogen-bond acceptors (Lipinski definition) is 4. The Morgan fingerprint density at radius 2 is 2.23 bits per heavy atom. The fourth-order valence-electron chi connectivity index (χ4n) is 3.05.